The van der Waals surface area contributed by atoms with Crippen LogP contribution in [0, 0.1) is 0 Å². The predicted molar refractivity (Wildman–Crippen MR) is 127 cm³/mol. The average molecular weight is 494 g/mol. The molecule has 8 nitrogen and oxygen atoms in total. The highest BCUT2D eigenvalue weighted by molar-refractivity contribution is 5.82. The Morgan fingerprint density at radius 3 is 2.51 bits per heavy atom. The number of halogens is 1. The molecule has 194 valence electrons. The van der Waals surface area contributed by atoms with Crippen LogP contribution < -0.4 is 0 Å². The third-order valence-corrected chi connectivity index (χ3v) is 5.08. The number of hydrogen-bond acceptors (Lipinski definition) is 7. The van der Waals surface area contributed by atoms with Gasteiger partial charge < -0.3 is 18.9 Å². The highest BCUT2D eigenvalue weighted by Gasteiger charge is 2.51. The number of esters is 2. The van der Waals surface area contributed by atoms with E-state index < -0.39 is 29.4 Å². The first-order valence-electron chi connectivity index (χ1n) is 11.8. The SMILES string of the molecule is CCOC(=O)CC/C=C/COC[C@@]1(F)C[C@@H](C(=O)OCc2ccccc2)N(C(=O)OC(C)(C)C)C1. The van der Waals surface area contributed by atoms with Gasteiger partial charge in [0.15, 0.2) is 5.67 Å². The summed E-state index contributed by atoms with van der Waals surface area (Å²) in [4.78, 5) is 37.9. The summed E-state index contributed by atoms with van der Waals surface area (Å²) >= 11 is 0. The molecule has 1 aromatic carbocycles. The molecule has 0 spiro atoms. The summed E-state index contributed by atoms with van der Waals surface area (Å²) in [5.74, 6) is -0.975. The lowest BCUT2D eigenvalue weighted by Gasteiger charge is -2.27. The van der Waals surface area contributed by atoms with Crippen LogP contribution in [0.2, 0.25) is 0 Å². The molecule has 0 aromatic heterocycles. The Balaban J connectivity index is 1.94. The van der Waals surface area contributed by atoms with Gasteiger partial charge in [0.1, 0.15) is 18.2 Å². The number of carbonyl (C=O) groups is 3. The van der Waals surface area contributed by atoms with Gasteiger partial charge in [-0.1, -0.05) is 42.5 Å². The first-order chi connectivity index (χ1) is 16.5. The van der Waals surface area contributed by atoms with Gasteiger partial charge in [0.05, 0.1) is 26.4 Å². The Morgan fingerprint density at radius 1 is 1.14 bits per heavy atom. The van der Waals surface area contributed by atoms with Crippen LogP contribution in [0.1, 0.15) is 52.5 Å². The zero-order valence-corrected chi connectivity index (χ0v) is 21.0. The van der Waals surface area contributed by atoms with Crippen LogP contribution in [0.25, 0.3) is 0 Å². The Hall–Kier alpha value is -2.94. The molecule has 1 heterocycles. The van der Waals surface area contributed by atoms with Crippen LogP contribution in [-0.4, -0.2) is 66.6 Å². The Bertz CT molecular complexity index is 868. The van der Waals surface area contributed by atoms with E-state index in [0.717, 1.165) is 10.5 Å². The number of rotatable bonds is 11. The van der Waals surface area contributed by atoms with E-state index >= 15 is 4.39 Å². The molecule has 0 bridgehead atoms. The second kappa shape index (κ2) is 13.2. The molecule has 1 aliphatic heterocycles. The Labute approximate surface area is 206 Å². The maximum atomic E-state index is 15.6. The minimum atomic E-state index is -1.94. The lowest BCUT2D eigenvalue weighted by molar-refractivity contribution is -0.150. The summed E-state index contributed by atoms with van der Waals surface area (Å²) in [5.41, 5.74) is -1.96. The molecular weight excluding hydrogens is 457 g/mol. The minimum Gasteiger partial charge on any atom is -0.466 e. The smallest absolute Gasteiger partial charge is 0.411 e. The van der Waals surface area contributed by atoms with Crippen molar-refractivity contribution in [2.24, 2.45) is 0 Å². The first-order valence-corrected chi connectivity index (χ1v) is 11.8. The van der Waals surface area contributed by atoms with E-state index in [9.17, 15) is 14.4 Å². The van der Waals surface area contributed by atoms with E-state index in [1.165, 1.54) is 0 Å². The molecule has 1 fully saturated rings. The highest BCUT2D eigenvalue weighted by Crippen LogP contribution is 2.33. The summed E-state index contributed by atoms with van der Waals surface area (Å²) < 4.78 is 36.7. The Kier molecular flexibility index (Phi) is 10.7. The van der Waals surface area contributed by atoms with Gasteiger partial charge in [-0.05, 0) is 39.7 Å². The van der Waals surface area contributed by atoms with Crippen molar-refractivity contribution in [1.82, 2.24) is 4.90 Å². The third-order valence-electron chi connectivity index (χ3n) is 5.08. The normalized spacial score (nSPS) is 20.1. The lowest BCUT2D eigenvalue weighted by Crippen LogP contribution is -2.44. The van der Waals surface area contributed by atoms with E-state index in [1.54, 1.807) is 52.0 Å². The number of carbonyl (C=O) groups excluding carboxylic acids is 3. The van der Waals surface area contributed by atoms with Crippen molar-refractivity contribution in [3.8, 4) is 0 Å². The lowest BCUT2D eigenvalue weighted by atomic mass is 10.0. The fraction of sp³-hybridized carbons (Fsp3) is 0.577. The van der Waals surface area contributed by atoms with Crippen molar-refractivity contribution < 1.29 is 37.7 Å². The van der Waals surface area contributed by atoms with Crippen LogP contribution in [0.15, 0.2) is 42.5 Å². The number of amides is 1. The maximum Gasteiger partial charge on any atom is 0.411 e. The largest absolute Gasteiger partial charge is 0.466 e. The molecule has 0 N–H and O–H groups in total. The number of benzene rings is 1. The molecule has 1 aliphatic rings. The molecule has 1 amide bonds. The average Bonchev–Trinajstić information content (AvgIpc) is 3.15. The molecule has 2 rings (SSSR count). The van der Waals surface area contributed by atoms with Crippen molar-refractivity contribution in [3.05, 3.63) is 48.0 Å². The second-order valence-electron chi connectivity index (χ2n) is 9.40. The van der Waals surface area contributed by atoms with E-state index in [4.69, 9.17) is 18.9 Å². The zero-order chi connectivity index (χ0) is 25.9. The van der Waals surface area contributed by atoms with E-state index in [-0.39, 0.29) is 45.2 Å². The van der Waals surface area contributed by atoms with Crippen molar-refractivity contribution >= 4 is 18.0 Å². The maximum absolute atomic E-state index is 15.6. The van der Waals surface area contributed by atoms with Crippen LogP contribution in [0.3, 0.4) is 0 Å². The van der Waals surface area contributed by atoms with E-state index in [0.29, 0.717) is 13.0 Å². The van der Waals surface area contributed by atoms with Crippen LogP contribution in [0.5, 0.6) is 0 Å². The summed E-state index contributed by atoms with van der Waals surface area (Å²) in [5, 5.41) is 0. The van der Waals surface area contributed by atoms with Crippen molar-refractivity contribution in [3.63, 3.8) is 0 Å². The van der Waals surface area contributed by atoms with E-state index in [1.807, 2.05) is 18.2 Å². The van der Waals surface area contributed by atoms with Gasteiger partial charge in [-0.3, -0.25) is 9.69 Å². The highest BCUT2D eigenvalue weighted by atomic mass is 19.1. The summed E-state index contributed by atoms with van der Waals surface area (Å²) in [7, 11) is 0. The molecule has 1 aromatic rings. The standard InChI is InChI=1S/C26H36FNO7/c1-5-33-22(29)14-10-7-11-15-32-19-26(27)16-21(28(18-26)24(31)35-25(2,3)4)23(30)34-17-20-12-8-6-9-13-20/h6-9,11-13,21H,5,10,14-19H2,1-4H3/b11-7+/t21-,26+/m0/s1. The second-order valence-corrected chi connectivity index (χ2v) is 9.40. The van der Waals surface area contributed by atoms with Gasteiger partial charge >= 0.3 is 18.0 Å². The molecule has 0 radical (unpaired) electrons. The molecule has 2 atom stereocenters. The van der Waals surface area contributed by atoms with Gasteiger partial charge in [-0.2, -0.15) is 0 Å². The molecule has 1 saturated heterocycles. The number of likely N-dealkylation sites (tertiary alicyclic amines) is 1. The van der Waals surface area contributed by atoms with Crippen LogP contribution in [0.4, 0.5) is 9.18 Å². The fourth-order valence-electron chi connectivity index (χ4n) is 3.52. The Morgan fingerprint density at radius 2 is 1.86 bits per heavy atom. The molecule has 0 unspecified atom stereocenters. The quantitative estimate of drug-likeness (QED) is 0.196. The van der Waals surface area contributed by atoms with Crippen LogP contribution >= 0.6 is 0 Å². The number of allylic oxidation sites excluding steroid dienone is 1. The van der Waals surface area contributed by atoms with E-state index in [2.05, 4.69) is 0 Å². The molecule has 0 aliphatic carbocycles. The zero-order valence-electron chi connectivity index (χ0n) is 21.0. The topological polar surface area (TPSA) is 91.4 Å². The predicted octanol–water partition coefficient (Wildman–Crippen LogP) is 4.36. The fourth-order valence-corrected chi connectivity index (χ4v) is 3.52. The van der Waals surface area contributed by atoms with Crippen molar-refractivity contribution in [2.75, 3.05) is 26.4 Å². The van der Waals surface area contributed by atoms with Gasteiger partial charge in [0.25, 0.3) is 0 Å². The van der Waals surface area contributed by atoms with Gasteiger partial charge in [0, 0.05) is 12.8 Å². The molecule has 35 heavy (non-hydrogen) atoms. The molecular formula is C26H36FNO7. The number of nitrogens with zero attached hydrogens (tertiary/aromatic N) is 1. The number of ether oxygens (including phenoxy) is 4. The van der Waals surface area contributed by atoms with Crippen molar-refractivity contribution in [2.45, 2.75) is 70.9 Å². The van der Waals surface area contributed by atoms with Gasteiger partial charge in [-0.25, -0.2) is 14.0 Å². The number of hydrogen-bond donors (Lipinski definition) is 0. The first kappa shape index (κ1) is 28.3. The molecule has 9 heteroatoms. The molecule has 0 saturated carbocycles. The van der Waals surface area contributed by atoms with Crippen molar-refractivity contribution in [1.29, 1.82) is 0 Å². The summed E-state index contributed by atoms with van der Waals surface area (Å²) in [6, 6.07) is 7.98. The summed E-state index contributed by atoms with van der Waals surface area (Å²) in [6.45, 7) is 6.67. The minimum absolute atomic E-state index is 0.0186. The third kappa shape index (κ3) is 10.1. The van der Waals surface area contributed by atoms with Crippen LogP contribution in [-0.2, 0) is 35.1 Å². The number of alkyl halides is 1. The van der Waals surface area contributed by atoms with Gasteiger partial charge in [-0.15, -0.1) is 0 Å². The summed E-state index contributed by atoms with van der Waals surface area (Å²) in [6.07, 6.45) is 3.16. The monoisotopic (exact) mass is 493 g/mol. The van der Waals surface area contributed by atoms with Gasteiger partial charge in [0.2, 0.25) is 0 Å².